The Hall–Kier alpha value is -2.68. The third-order valence-electron chi connectivity index (χ3n) is 3.12. The molecular weight excluding hydrogens is 248 g/mol. The van der Waals surface area contributed by atoms with Crippen LogP contribution in [0, 0.1) is 6.92 Å². The minimum Gasteiger partial charge on any atom is -0.305 e. The molecule has 0 atom stereocenters. The van der Waals surface area contributed by atoms with Crippen molar-refractivity contribution in [3.63, 3.8) is 0 Å². The Bertz CT molecular complexity index is 698. The highest BCUT2D eigenvalue weighted by molar-refractivity contribution is 6.19. The average Bonchev–Trinajstić information content (AvgIpc) is 2.82. The standard InChI is InChI=1S/C17H14N2O/c1-12-7-9-14(10-8-12)16-18-15(17(20)19-16)11-13-5-3-2-4-6-13/h2-11H,1H3,(H,18,19,20). The molecule has 0 unspecified atom stereocenters. The van der Waals surface area contributed by atoms with Crippen molar-refractivity contribution in [3.8, 4) is 0 Å². The molecule has 20 heavy (non-hydrogen) atoms. The van der Waals surface area contributed by atoms with Gasteiger partial charge in [-0.05, 0) is 18.6 Å². The van der Waals surface area contributed by atoms with Gasteiger partial charge in [-0.15, -0.1) is 0 Å². The predicted octanol–water partition coefficient (Wildman–Crippen LogP) is 2.91. The van der Waals surface area contributed by atoms with Crippen molar-refractivity contribution >= 4 is 17.8 Å². The first-order valence-corrected chi connectivity index (χ1v) is 6.46. The topological polar surface area (TPSA) is 41.5 Å². The zero-order valence-corrected chi connectivity index (χ0v) is 11.1. The molecule has 1 amide bonds. The summed E-state index contributed by atoms with van der Waals surface area (Å²) in [6.07, 6.45) is 1.79. The average molecular weight is 262 g/mol. The number of carbonyl (C=O) groups is 1. The van der Waals surface area contributed by atoms with Crippen molar-refractivity contribution in [2.75, 3.05) is 0 Å². The first-order valence-electron chi connectivity index (χ1n) is 6.46. The maximum absolute atomic E-state index is 11.9. The fraction of sp³-hybridized carbons (Fsp3) is 0.0588. The normalized spacial score (nSPS) is 16.1. The van der Waals surface area contributed by atoms with E-state index in [1.165, 1.54) is 5.56 Å². The molecule has 2 aromatic carbocycles. The van der Waals surface area contributed by atoms with Gasteiger partial charge in [-0.25, -0.2) is 4.99 Å². The molecule has 1 N–H and O–H groups in total. The Kier molecular flexibility index (Phi) is 3.17. The Morgan fingerprint density at radius 2 is 1.70 bits per heavy atom. The van der Waals surface area contributed by atoms with Crippen LogP contribution in [-0.2, 0) is 4.79 Å². The monoisotopic (exact) mass is 262 g/mol. The van der Waals surface area contributed by atoms with Gasteiger partial charge in [0.05, 0.1) is 0 Å². The van der Waals surface area contributed by atoms with Crippen LogP contribution in [0.1, 0.15) is 16.7 Å². The molecule has 0 bridgehead atoms. The van der Waals surface area contributed by atoms with Crippen molar-refractivity contribution < 1.29 is 4.79 Å². The summed E-state index contributed by atoms with van der Waals surface area (Å²) in [4.78, 5) is 16.3. The zero-order chi connectivity index (χ0) is 13.9. The van der Waals surface area contributed by atoms with E-state index in [4.69, 9.17) is 0 Å². The molecule has 0 saturated carbocycles. The lowest BCUT2D eigenvalue weighted by Crippen LogP contribution is -2.24. The molecule has 0 aliphatic carbocycles. The molecule has 3 rings (SSSR count). The first-order chi connectivity index (χ1) is 9.72. The van der Waals surface area contributed by atoms with Crippen LogP contribution >= 0.6 is 0 Å². The van der Waals surface area contributed by atoms with Gasteiger partial charge in [0.2, 0.25) is 0 Å². The number of hydrogen-bond donors (Lipinski definition) is 1. The lowest BCUT2D eigenvalue weighted by atomic mass is 10.1. The van der Waals surface area contributed by atoms with E-state index < -0.39 is 0 Å². The summed E-state index contributed by atoms with van der Waals surface area (Å²) >= 11 is 0. The summed E-state index contributed by atoms with van der Waals surface area (Å²) < 4.78 is 0. The summed E-state index contributed by atoms with van der Waals surface area (Å²) in [5, 5.41) is 2.80. The molecule has 1 aliphatic rings. The molecule has 0 saturated heterocycles. The molecule has 2 aromatic rings. The number of aryl methyl sites for hydroxylation is 1. The van der Waals surface area contributed by atoms with Crippen LogP contribution in [0.4, 0.5) is 0 Å². The van der Waals surface area contributed by atoms with Crippen LogP contribution < -0.4 is 5.32 Å². The summed E-state index contributed by atoms with van der Waals surface area (Å²) in [6, 6.07) is 17.6. The lowest BCUT2D eigenvalue weighted by Gasteiger charge is -2.00. The Morgan fingerprint density at radius 1 is 1.00 bits per heavy atom. The van der Waals surface area contributed by atoms with Gasteiger partial charge >= 0.3 is 0 Å². The first kappa shape index (κ1) is 12.4. The highest BCUT2D eigenvalue weighted by Crippen LogP contribution is 2.15. The largest absolute Gasteiger partial charge is 0.305 e. The third-order valence-corrected chi connectivity index (χ3v) is 3.12. The van der Waals surface area contributed by atoms with E-state index in [1.54, 1.807) is 6.08 Å². The Balaban J connectivity index is 1.93. The molecule has 0 fully saturated rings. The molecular formula is C17H14N2O. The van der Waals surface area contributed by atoms with Crippen LogP contribution in [0.3, 0.4) is 0 Å². The minimum atomic E-state index is -0.163. The van der Waals surface area contributed by atoms with Gasteiger partial charge in [-0.2, -0.15) is 0 Å². The number of nitrogens with one attached hydrogen (secondary N) is 1. The van der Waals surface area contributed by atoms with E-state index in [9.17, 15) is 4.79 Å². The molecule has 3 heteroatoms. The van der Waals surface area contributed by atoms with E-state index in [0.717, 1.165) is 11.1 Å². The van der Waals surface area contributed by atoms with Crippen molar-refractivity contribution in [3.05, 3.63) is 77.0 Å². The second-order valence-corrected chi connectivity index (χ2v) is 4.72. The van der Waals surface area contributed by atoms with Gasteiger partial charge in [-0.1, -0.05) is 60.2 Å². The molecule has 98 valence electrons. The zero-order valence-electron chi connectivity index (χ0n) is 11.1. The van der Waals surface area contributed by atoms with Crippen molar-refractivity contribution in [2.45, 2.75) is 6.92 Å². The van der Waals surface area contributed by atoms with Gasteiger partial charge in [0, 0.05) is 5.56 Å². The minimum absolute atomic E-state index is 0.163. The highest BCUT2D eigenvalue weighted by Gasteiger charge is 2.20. The van der Waals surface area contributed by atoms with E-state index >= 15 is 0 Å². The van der Waals surface area contributed by atoms with Crippen LogP contribution in [0.15, 0.2) is 65.3 Å². The van der Waals surface area contributed by atoms with E-state index in [2.05, 4.69) is 10.3 Å². The SMILES string of the molecule is Cc1ccc(C2=NC(=Cc3ccccc3)C(=O)N2)cc1. The van der Waals surface area contributed by atoms with E-state index in [0.29, 0.717) is 11.5 Å². The number of nitrogens with zero attached hydrogens (tertiary/aromatic N) is 1. The van der Waals surface area contributed by atoms with Crippen molar-refractivity contribution in [1.29, 1.82) is 0 Å². The van der Waals surface area contributed by atoms with Crippen LogP contribution in [0.5, 0.6) is 0 Å². The maximum atomic E-state index is 11.9. The Morgan fingerprint density at radius 3 is 2.40 bits per heavy atom. The second-order valence-electron chi connectivity index (χ2n) is 4.72. The quantitative estimate of drug-likeness (QED) is 0.831. The fourth-order valence-corrected chi connectivity index (χ4v) is 2.02. The highest BCUT2D eigenvalue weighted by atomic mass is 16.2. The molecule has 0 aromatic heterocycles. The van der Waals surface area contributed by atoms with Crippen LogP contribution in [0.2, 0.25) is 0 Å². The second kappa shape index (κ2) is 5.13. The van der Waals surface area contributed by atoms with Gasteiger partial charge in [0.1, 0.15) is 11.5 Å². The number of amidine groups is 1. The van der Waals surface area contributed by atoms with Crippen molar-refractivity contribution in [1.82, 2.24) is 5.32 Å². The summed E-state index contributed by atoms with van der Waals surface area (Å²) in [7, 11) is 0. The number of rotatable bonds is 2. The summed E-state index contributed by atoms with van der Waals surface area (Å²) in [6.45, 7) is 2.03. The smallest absolute Gasteiger partial charge is 0.275 e. The number of carbonyl (C=O) groups excluding carboxylic acids is 1. The summed E-state index contributed by atoms with van der Waals surface area (Å²) in [5.74, 6) is 0.446. The maximum Gasteiger partial charge on any atom is 0.275 e. The summed E-state index contributed by atoms with van der Waals surface area (Å²) in [5.41, 5.74) is 3.50. The Labute approximate surface area is 117 Å². The third kappa shape index (κ3) is 2.52. The molecule has 0 radical (unpaired) electrons. The van der Waals surface area contributed by atoms with Gasteiger partial charge in [-0.3, -0.25) is 4.79 Å². The number of aliphatic imine (C=N–C) groups is 1. The molecule has 3 nitrogen and oxygen atoms in total. The van der Waals surface area contributed by atoms with Crippen LogP contribution in [0.25, 0.3) is 6.08 Å². The molecule has 0 spiro atoms. The molecule has 1 aliphatic heterocycles. The van der Waals surface area contributed by atoms with E-state index in [-0.39, 0.29) is 5.91 Å². The number of benzene rings is 2. The van der Waals surface area contributed by atoms with E-state index in [1.807, 2.05) is 61.5 Å². The lowest BCUT2D eigenvalue weighted by molar-refractivity contribution is -0.115. The number of amides is 1. The fourth-order valence-electron chi connectivity index (χ4n) is 2.02. The predicted molar refractivity (Wildman–Crippen MR) is 80.3 cm³/mol. The van der Waals surface area contributed by atoms with Gasteiger partial charge in [0.15, 0.2) is 0 Å². The van der Waals surface area contributed by atoms with Crippen LogP contribution in [-0.4, -0.2) is 11.7 Å². The molecule has 1 heterocycles. The number of hydrogen-bond acceptors (Lipinski definition) is 2. The van der Waals surface area contributed by atoms with Crippen molar-refractivity contribution in [2.24, 2.45) is 4.99 Å². The van der Waals surface area contributed by atoms with Gasteiger partial charge in [0.25, 0.3) is 5.91 Å². The van der Waals surface area contributed by atoms with Gasteiger partial charge < -0.3 is 5.32 Å².